The molecule has 0 aliphatic heterocycles. The van der Waals surface area contributed by atoms with E-state index in [1.807, 2.05) is 25.1 Å². The van der Waals surface area contributed by atoms with Crippen LogP contribution in [0.3, 0.4) is 0 Å². The number of rotatable bonds is 1. The highest BCUT2D eigenvalue weighted by atomic mass is 16.1. The van der Waals surface area contributed by atoms with Crippen LogP contribution in [-0.4, -0.2) is 5.78 Å². The van der Waals surface area contributed by atoms with Crippen LogP contribution in [0.1, 0.15) is 28.4 Å². The van der Waals surface area contributed by atoms with Crippen molar-refractivity contribution < 1.29 is 4.79 Å². The van der Waals surface area contributed by atoms with Crippen molar-refractivity contribution in [3.63, 3.8) is 0 Å². The van der Waals surface area contributed by atoms with Crippen molar-refractivity contribution in [1.29, 1.82) is 0 Å². The Bertz CT molecular complexity index is 538. The number of ketones is 1. The zero-order valence-electron chi connectivity index (χ0n) is 9.29. The Morgan fingerprint density at radius 2 is 1.80 bits per heavy atom. The summed E-state index contributed by atoms with van der Waals surface area (Å²) in [6.45, 7) is 5.70. The minimum Gasteiger partial charge on any atom is -0.295 e. The van der Waals surface area contributed by atoms with Gasteiger partial charge in [-0.25, -0.2) is 0 Å². The first-order valence-electron chi connectivity index (χ1n) is 5.10. The second kappa shape index (κ2) is 3.50. The maximum atomic E-state index is 11.4. The first kappa shape index (κ1) is 9.91. The van der Waals surface area contributed by atoms with Gasteiger partial charge in [-0.15, -0.1) is 0 Å². The molecule has 0 saturated heterocycles. The molecule has 0 fully saturated rings. The van der Waals surface area contributed by atoms with E-state index in [1.165, 1.54) is 10.9 Å². The molecular formula is C14H14O. The van der Waals surface area contributed by atoms with Crippen LogP contribution < -0.4 is 0 Å². The average Bonchev–Trinajstić information content (AvgIpc) is 2.18. The smallest absolute Gasteiger partial charge is 0.160 e. The van der Waals surface area contributed by atoms with E-state index in [1.54, 1.807) is 6.92 Å². The third-order valence-corrected chi connectivity index (χ3v) is 2.82. The van der Waals surface area contributed by atoms with Gasteiger partial charge in [0.15, 0.2) is 5.78 Å². The first-order chi connectivity index (χ1) is 7.09. The molecular weight excluding hydrogens is 184 g/mol. The standard InChI is InChI=1S/C14H14O/c1-9-5-4-6-12-8-13(11(3)15)10(2)7-14(9)12/h4-8H,1-3H3. The summed E-state index contributed by atoms with van der Waals surface area (Å²) < 4.78 is 0. The van der Waals surface area contributed by atoms with Gasteiger partial charge in [0.25, 0.3) is 0 Å². The summed E-state index contributed by atoms with van der Waals surface area (Å²) in [5, 5.41) is 2.38. The van der Waals surface area contributed by atoms with E-state index < -0.39 is 0 Å². The van der Waals surface area contributed by atoms with E-state index in [2.05, 4.69) is 19.1 Å². The molecule has 2 rings (SSSR count). The SMILES string of the molecule is CC(=O)c1cc2cccc(C)c2cc1C. The zero-order chi connectivity index (χ0) is 11.0. The van der Waals surface area contributed by atoms with Gasteiger partial charge in [0.2, 0.25) is 0 Å². The molecule has 0 atom stereocenters. The molecule has 0 N–H and O–H groups in total. The lowest BCUT2D eigenvalue weighted by molar-refractivity contribution is 0.101. The van der Waals surface area contributed by atoms with Crippen molar-refractivity contribution in [2.45, 2.75) is 20.8 Å². The third kappa shape index (κ3) is 1.65. The monoisotopic (exact) mass is 198 g/mol. The number of carbonyl (C=O) groups is 1. The summed E-state index contributed by atoms with van der Waals surface area (Å²) in [5.41, 5.74) is 3.14. The van der Waals surface area contributed by atoms with Gasteiger partial charge in [-0.1, -0.05) is 24.3 Å². The molecule has 0 aliphatic rings. The Hall–Kier alpha value is -1.63. The van der Waals surface area contributed by atoms with E-state index in [4.69, 9.17) is 0 Å². The third-order valence-electron chi connectivity index (χ3n) is 2.82. The molecule has 0 spiro atoms. The average molecular weight is 198 g/mol. The maximum Gasteiger partial charge on any atom is 0.160 e. The van der Waals surface area contributed by atoms with Gasteiger partial charge in [-0.05, 0) is 48.7 Å². The highest BCUT2D eigenvalue weighted by Crippen LogP contribution is 2.22. The normalized spacial score (nSPS) is 10.6. The number of benzene rings is 2. The quantitative estimate of drug-likeness (QED) is 0.639. The van der Waals surface area contributed by atoms with Crippen LogP contribution in [0.5, 0.6) is 0 Å². The minimum atomic E-state index is 0.135. The second-order valence-corrected chi connectivity index (χ2v) is 4.02. The van der Waals surface area contributed by atoms with Crippen molar-refractivity contribution >= 4 is 16.6 Å². The molecule has 0 saturated carbocycles. The van der Waals surface area contributed by atoms with Crippen molar-refractivity contribution in [3.8, 4) is 0 Å². The molecule has 0 heterocycles. The number of Topliss-reactive ketones (excluding diaryl/α,β-unsaturated/α-hetero) is 1. The summed E-state index contributed by atoms with van der Waals surface area (Å²) in [6, 6.07) is 10.3. The summed E-state index contributed by atoms with van der Waals surface area (Å²) in [7, 11) is 0. The van der Waals surface area contributed by atoms with Crippen LogP contribution in [0.4, 0.5) is 0 Å². The Kier molecular flexibility index (Phi) is 2.31. The van der Waals surface area contributed by atoms with Crippen LogP contribution in [0, 0.1) is 13.8 Å². The Morgan fingerprint density at radius 3 is 2.47 bits per heavy atom. The Labute approximate surface area is 89.7 Å². The number of carbonyl (C=O) groups excluding carboxylic acids is 1. The highest BCUT2D eigenvalue weighted by molar-refractivity contribution is 6.00. The summed E-state index contributed by atoms with van der Waals surface area (Å²) in [5.74, 6) is 0.135. The summed E-state index contributed by atoms with van der Waals surface area (Å²) in [6.07, 6.45) is 0. The van der Waals surface area contributed by atoms with Gasteiger partial charge in [0.1, 0.15) is 0 Å². The number of hydrogen-bond acceptors (Lipinski definition) is 1. The largest absolute Gasteiger partial charge is 0.295 e. The topological polar surface area (TPSA) is 17.1 Å². The van der Waals surface area contributed by atoms with Crippen molar-refractivity contribution in [2.75, 3.05) is 0 Å². The fraction of sp³-hybridized carbons (Fsp3) is 0.214. The predicted molar refractivity (Wildman–Crippen MR) is 63.4 cm³/mol. The van der Waals surface area contributed by atoms with Gasteiger partial charge in [0, 0.05) is 5.56 Å². The van der Waals surface area contributed by atoms with Gasteiger partial charge in [-0.2, -0.15) is 0 Å². The van der Waals surface area contributed by atoms with E-state index in [0.717, 1.165) is 16.5 Å². The molecule has 1 nitrogen and oxygen atoms in total. The van der Waals surface area contributed by atoms with E-state index in [9.17, 15) is 4.79 Å². The van der Waals surface area contributed by atoms with Gasteiger partial charge < -0.3 is 0 Å². The van der Waals surface area contributed by atoms with Crippen molar-refractivity contribution in [3.05, 3.63) is 47.0 Å². The maximum absolute atomic E-state index is 11.4. The molecule has 0 radical (unpaired) electrons. The molecule has 0 amide bonds. The number of fused-ring (bicyclic) bond motifs is 1. The molecule has 15 heavy (non-hydrogen) atoms. The molecule has 0 unspecified atom stereocenters. The van der Waals surface area contributed by atoms with Gasteiger partial charge in [-0.3, -0.25) is 4.79 Å². The summed E-state index contributed by atoms with van der Waals surface area (Å²) in [4.78, 5) is 11.4. The first-order valence-corrected chi connectivity index (χ1v) is 5.10. The van der Waals surface area contributed by atoms with E-state index in [0.29, 0.717) is 0 Å². The molecule has 76 valence electrons. The van der Waals surface area contributed by atoms with Crippen molar-refractivity contribution in [1.82, 2.24) is 0 Å². The predicted octanol–water partition coefficient (Wildman–Crippen LogP) is 3.66. The molecule has 0 aromatic heterocycles. The van der Waals surface area contributed by atoms with Crippen LogP contribution >= 0.6 is 0 Å². The molecule has 2 aromatic carbocycles. The lowest BCUT2D eigenvalue weighted by Gasteiger charge is -2.07. The van der Waals surface area contributed by atoms with Crippen LogP contribution in [0.2, 0.25) is 0 Å². The fourth-order valence-electron chi connectivity index (χ4n) is 1.97. The highest BCUT2D eigenvalue weighted by Gasteiger charge is 2.06. The molecule has 2 aromatic rings. The van der Waals surface area contributed by atoms with E-state index >= 15 is 0 Å². The van der Waals surface area contributed by atoms with Gasteiger partial charge in [0.05, 0.1) is 0 Å². The van der Waals surface area contributed by atoms with Crippen LogP contribution in [-0.2, 0) is 0 Å². The van der Waals surface area contributed by atoms with E-state index in [-0.39, 0.29) is 5.78 Å². The second-order valence-electron chi connectivity index (χ2n) is 4.02. The molecule has 0 bridgehead atoms. The van der Waals surface area contributed by atoms with Crippen LogP contribution in [0.15, 0.2) is 30.3 Å². The summed E-state index contributed by atoms with van der Waals surface area (Å²) >= 11 is 0. The molecule has 1 heteroatoms. The number of hydrogen-bond donors (Lipinski definition) is 0. The minimum absolute atomic E-state index is 0.135. The fourth-order valence-corrected chi connectivity index (χ4v) is 1.97. The Balaban J connectivity index is 2.82. The van der Waals surface area contributed by atoms with Crippen molar-refractivity contribution in [2.24, 2.45) is 0 Å². The van der Waals surface area contributed by atoms with Gasteiger partial charge >= 0.3 is 0 Å². The zero-order valence-corrected chi connectivity index (χ0v) is 9.29. The molecule has 0 aliphatic carbocycles. The lowest BCUT2D eigenvalue weighted by Crippen LogP contribution is -1.96. The van der Waals surface area contributed by atoms with Crippen LogP contribution in [0.25, 0.3) is 10.8 Å². The number of aryl methyl sites for hydroxylation is 2. The lowest BCUT2D eigenvalue weighted by atomic mass is 9.97. The Morgan fingerprint density at radius 1 is 1.07 bits per heavy atom.